The number of ether oxygens (including phenoxy) is 1. The SMILES string of the molecule is CCc1ccc(-c2cc(C)c3c(n2)C/C=C\C=C/CO3)s1. The number of thiophene rings is 1. The molecule has 0 fully saturated rings. The number of fused-ring (bicyclic) bond motifs is 1. The fourth-order valence-electron chi connectivity index (χ4n) is 2.42. The van der Waals surface area contributed by atoms with E-state index < -0.39 is 0 Å². The Labute approximate surface area is 129 Å². The normalized spacial score (nSPS) is 17.0. The predicted octanol–water partition coefficient (Wildman–Crippen LogP) is 4.73. The number of aryl methyl sites for hydroxylation is 2. The van der Waals surface area contributed by atoms with E-state index in [1.165, 1.54) is 9.75 Å². The van der Waals surface area contributed by atoms with Crippen molar-refractivity contribution in [2.45, 2.75) is 26.7 Å². The lowest BCUT2D eigenvalue weighted by atomic mass is 10.1. The highest BCUT2D eigenvalue weighted by atomic mass is 32.1. The number of nitrogens with zero attached hydrogens (tertiary/aromatic N) is 1. The van der Waals surface area contributed by atoms with Gasteiger partial charge < -0.3 is 4.74 Å². The van der Waals surface area contributed by atoms with E-state index in [0.29, 0.717) is 6.61 Å². The average Bonchev–Trinajstić information content (AvgIpc) is 2.99. The molecule has 0 N–H and O–H groups in total. The molecular weight excluding hydrogens is 278 g/mol. The average molecular weight is 297 g/mol. The Bertz CT molecular complexity index is 697. The largest absolute Gasteiger partial charge is 0.487 e. The smallest absolute Gasteiger partial charge is 0.144 e. The Morgan fingerprint density at radius 2 is 2.10 bits per heavy atom. The van der Waals surface area contributed by atoms with Gasteiger partial charge in [-0.25, -0.2) is 4.98 Å². The Morgan fingerprint density at radius 1 is 1.24 bits per heavy atom. The first-order valence-corrected chi connectivity index (χ1v) is 8.13. The molecule has 1 aliphatic rings. The fourth-order valence-corrected chi connectivity index (χ4v) is 3.33. The zero-order valence-electron chi connectivity index (χ0n) is 12.4. The number of allylic oxidation sites excluding steroid dienone is 3. The molecule has 0 bridgehead atoms. The summed E-state index contributed by atoms with van der Waals surface area (Å²) in [4.78, 5) is 7.47. The van der Waals surface area contributed by atoms with Crippen LogP contribution in [-0.4, -0.2) is 11.6 Å². The molecule has 0 saturated carbocycles. The van der Waals surface area contributed by atoms with Gasteiger partial charge in [0.25, 0.3) is 0 Å². The maximum Gasteiger partial charge on any atom is 0.144 e. The lowest BCUT2D eigenvalue weighted by Crippen LogP contribution is -2.02. The first-order valence-electron chi connectivity index (χ1n) is 7.32. The summed E-state index contributed by atoms with van der Waals surface area (Å²) in [6.45, 7) is 4.88. The molecule has 2 aromatic rings. The summed E-state index contributed by atoms with van der Waals surface area (Å²) in [5, 5.41) is 0. The van der Waals surface area contributed by atoms with Crippen LogP contribution in [0.4, 0.5) is 0 Å². The number of pyridine rings is 1. The second kappa shape index (κ2) is 6.27. The molecular formula is C18H19NOS. The summed E-state index contributed by atoms with van der Waals surface area (Å²) in [6, 6.07) is 6.50. The van der Waals surface area contributed by atoms with Crippen molar-refractivity contribution in [3.8, 4) is 16.3 Å². The van der Waals surface area contributed by atoms with Crippen molar-refractivity contribution in [2.75, 3.05) is 6.61 Å². The number of rotatable bonds is 2. The van der Waals surface area contributed by atoms with Crippen molar-refractivity contribution in [3.63, 3.8) is 0 Å². The van der Waals surface area contributed by atoms with Crippen molar-refractivity contribution in [3.05, 3.63) is 58.6 Å². The van der Waals surface area contributed by atoms with Crippen molar-refractivity contribution in [1.29, 1.82) is 0 Å². The van der Waals surface area contributed by atoms with Crippen LogP contribution in [-0.2, 0) is 12.8 Å². The van der Waals surface area contributed by atoms with Gasteiger partial charge in [0.15, 0.2) is 0 Å². The van der Waals surface area contributed by atoms with Crippen LogP contribution >= 0.6 is 11.3 Å². The van der Waals surface area contributed by atoms with Gasteiger partial charge in [0, 0.05) is 11.3 Å². The van der Waals surface area contributed by atoms with Gasteiger partial charge in [0.05, 0.1) is 16.3 Å². The summed E-state index contributed by atoms with van der Waals surface area (Å²) < 4.78 is 5.87. The monoisotopic (exact) mass is 297 g/mol. The summed E-state index contributed by atoms with van der Waals surface area (Å²) in [6.07, 6.45) is 10.1. The van der Waals surface area contributed by atoms with Gasteiger partial charge in [-0.05, 0) is 43.2 Å². The molecule has 108 valence electrons. The quantitative estimate of drug-likeness (QED) is 0.799. The van der Waals surface area contributed by atoms with E-state index in [4.69, 9.17) is 9.72 Å². The Balaban J connectivity index is 2.03. The molecule has 0 atom stereocenters. The molecule has 21 heavy (non-hydrogen) atoms. The van der Waals surface area contributed by atoms with E-state index in [-0.39, 0.29) is 0 Å². The maximum absolute atomic E-state index is 5.87. The molecule has 2 nitrogen and oxygen atoms in total. The van der Waals surface area contributed by atoms with Crippen LogP contribution in [0.25, 0.3) is 10.6 Å². The highest BCUT2D eigenvalue weighted by Crippen LogP contribution is 2.32. The molecule has 0 unspecified atom stereocenters. The van der Waals surface area contributed by atoms with Gasteiger partial charge >= 0.3 is 0 Å². The van der Waals surface area contributed by atoms with Crippen LogP contribution in [0, 0.1) is 6.92 Å². The minimum atomic E-state index is 0.595. The third-order valence-electron chi connectivity index (χ3n) is 3.51. The summed E-state index contributed by atoms with van der Waals surface area (Å²) in [5.74, 6) is 0.933. The molecule has 3 heterocycles. The van der Waals surface area contributed by atoms with Gasteiger partial charge in [0.1, 0.15) is 12.4 Å². The lowest BCUT2D eigenvalue weighted by Gasteiger charge is -2.13. The van der Waals surface area contributed by atoms with E-state index in [9.17, 15) is 0 Å². The van der Waals surface area contributed by atoms with Gasteiger partial charge in [-0.3, -0.25) is 0 Å². The summed E-state index contributed by atoms with van der Waals surface area (Å²) >= 11 is 1.83. The third kappa shape index (κ3) is 3.08. The Kier molecular flexibility index (Phi) is 4.20. The molecule has 2 aromatic heterocycles. The summed E-state index contributed by atoms with van der Waals surface area (Å²) in [5.41, 5.74) is 3.24. The van der Waals surface area contributed by atoms with E-state index >= 15 is 0 Å². The standard InChI is InChI=1S/C18H19NOS/c1-3-14-9-10-17(21-14)16-12-13(2)18-15(19-16)8-6-4-5-7-11-20-18/h4-7,9-10,12H,3,8,11H2,1-2H3/b6-4-,7-5-. The van der Waals surface area contributed by atoms with E-state index in [1.807, 2.05) is 23.5 Å². The molecule has 3 rings (SSSR count). The minimum Gasteiger partial charge on any atom is -0.487 e. The van der Waals surface area contributed by atoms with Crippen molar-refractivity contribution >= 4 is 11.3 Å². The van der Waals surface area contributed by atoms with Crippen LogP contribution < -0.4 is 4.74 Å². The predicted molar refractivity (Wildman–Crippen MR) is 89.1 cm³/mol. The second-order valence-electron chi connectivity index (χ2n) is 5.09. The highest BCUT2D eigenvalue weighted by Gasteiger charge is 2.13. The Hall–Kier alpha value is -1.87. The lowest BCUT2D eigenvalue weighted by molar-refractivity contribution is 0.355. The topological polar surface area (TPSA) is 22.1 Å². The minimum absolute atomic E-state index is 0.595. The van der Waals surface area contributed by atoms with Crippen LogP contribution in [0.5, 0.6) is 5.75 Å². The number of hydrogen-bond donors (Lipinski definition) is 0. The van der Waals surface area contributed by atoms with Crippen LogP contribution in [0.1, 0.15) is 23.1 Å². The molecule has 0 radical (unpaired) electrons. The highest BCUT2D eigenvalue weighted by molar-refractivity contribution is 7.15. The van der Waals surface area contributed by atoms with Crippen LogP contribution in [0.15, 0.2) is 42.5 Å². The van der Waals surface area contributed by atoms with Crippen LogP contribution in [0.3, 0.4) is 0 Å². The molecule has 3 heteroatoms. The van der Waals surface area contributed by atoms with Crippen LogP contribution in [0.2, 0.25) is 0 Å². The summed E-state index contributed by atoms with van der Waals surface area (Å²) in [7, 11) is 0. The van der Waals surface area contributed by atoms with E-state index in [2.05, 4.69) is 44.2 Å². The number of aromatic nitrogens is 1. The van der Waals surface area contributed by atoms with Gasteiger partial charge in [-0.1, -0.05) is 25.2 Å². The molecule has 0 spiro atoms. The zero-order valence-corrected chi connectivity index (χ0v) is 13.2. The fraction of sp³-hybridized carbons (Fsp3) is 0.278. The molecule has 0 aliphatic carbocycles. The van der Waals surface area contributed by atoms with Gasteiger partial charge in [-0.2, -0.15) is 0 Å². The number of hydrogen-bond acceptors (Lipinski definition) is 3. The first-order chi connectivity index (χ1) is 10.3. The first kappa shape index (κ1) is 14.1. The molecule has 1 aliphatic heterocycles. The molecule has 0 aromatic carbocycles. The zero-order chi connectivity index (χ0) is 14.7. The molecule has 0 amide bonds. The van der Waals surface area contributed by atoms with Crippen molar-refractivity contribution in [2.24, 2.45) is 0 Å². The maximum atomic E-state index is 5.87. The van der Waals surface area contributed by atoms with Crippen molar-refractivity contribution < 1.29 is 4.74 Å². The van der Waals surface area contributed by atoms with Crippen molar-refractivity contribution in [1.82, 2.24) is 4.98 Å². The third-order valence-corrected chi connectivity index (χ3v) is 4.76. The molecule has 0 saturated heterocycles. The second-order valence-corrected chi connectivity index (χ2v) is 6.26. The van der Waals surface area contributed by atoms with E-state index in [0.717, 1.165) is 35.5 Å². The Morgan fingerprint density at radius 3 is 2.90 bits per heavy atom. The van der Waals surface area contributed by atoms with E-state index in [1.54, 1.807) is 0 Å². The van der Waals surface area contributed by atoms with Gasteiger partial charge in [-0.15, -0.1) is 11.3 Å². The van der Waals surface area contributed by atoms with Gasteiger partial charge in [0.2, 0.25) is 0 Å².